The van der Waals surface area contributed by atoms with Crippen molar-refractivity contribution in [3.05, 3.63) is 88.5 Å². The number of hydrogen-bond donors (Lipinski definition) is 1. The Labute approximate surface area is 224 Å². The number of aliphatic hydroxyl groups excluding tert-OH is 1. The molecule has 1 amide bonds. The summed E-state index contributed by atoms with van der Waals surface area (Å²) >= 11 is 0.933. The van der Waals surface area contributed by atoms with Gasteiger partial charge in [0, 0.05) is 0 Å². The maximum Gasteiger partial charge on any atom is 0.350 e. The van der Waals surface area contributed by atoms with Crippen molar-refractivity contribution in [2.45, 2.75) is 33.2 Å². The van der Waals surface area contributed by atoms with Gasteiger partial charge in [-0.25, -0.2) is 9.78 Å². The van der Waals surface area contributed by atoms with Crippen LogP contribution in [0.15, 0.2) is 71.1 Å². The highest BCUT2D eigenvalue weighted by molar-refractivity contribution is 7.17. The number of ether oxygens (including phenoxy) is 2. The number of benzene rings is 1. The summed E-state index contributed by atoms with van der Waals surface area (Å²) in [5, 5.41) is 11.1. The zero-order valence-electron chi connectivity index (χ0n) is 21.3. The summed E-state index contributed by atoms with van der Waals surface area (Å²) in [7, 11) is 0. The van der Waals surface area contributed by atoms with Crippen LogP contribution < -0.4 is 9.64 Å². The van der Waals surface area contributed by atoms with Gasteiger partial charge in [0.15, 0.2) is 16.7 Å². The van der Waals surface area contributed by atoms with E-state index < -0.39 is 29.5 Å². The number of thiazole rings is 1. The van der Waals surface area contributed by atoms with E-state index in [0.29, 0.717) is 29.5 Å². The molecule has 1 aliphatic heterocycles. The molecule has 3 heterocycles. The lowest BCUT2D eigenvalue weighted by Crippen LogP contribution is -2.31. The van der Waals surface area contributed by atoms with E-state index in [-0.39, 0.29) is 27.9 Å². The summed E-state index contributed by atoms with van der Waals surface area (Å²) in [4.78, 5) is 45.2. The molecule has 0 saturated heterocycles. The number of aliphatic hydroxyl groups is 1. The second kappa shape index (κ2) is 11.5. The monoisotopic (exact) mass is 536 g/mol. The summed E-state index contributed by atoms with van der Waals surface area (Å²) in [6.45, 7) is 9.86. The van der Waals surface area contributed by atoms with E-state index in [9.17, 15) is 19.5 Å². The lowest BCUT2D eigenvalue weighted by Gasteiger charge is -2.24. The Morgan fingerprint density at radius 1 is 1.29 bits per heavy atom. The molecule has 1 N–H and O–H groups in total. The molecule has 1 aromatic carbocycles. The molecule has 0 bridgehead atoms. The highest BCUT2D eigenvalue weighted by atomic mass is 32.1. The third kappa shape index (κ3) is 5.40. The van der Waals surface area contributed by atoms with E-state index in [1.807, 2.05) is 0 Å². The predicted octanol–water partition coefficient (Wildman–Crippen LogP) is 5.60. The number of carbonyl (C=O) groups is 3. The lowest BCUT2D eigenvalue weighted by atomic mass is 9.95. The molecule has 4 rings (SSSR count). The second-order valence-corrected chi connectivity index (χ2v) is 10.0. The van der Waals surface area contributed by atoms with Crippen LogP contribution in [0.25, 0.3) is 0 Å². The van der Waals surface area contributed by atoms with Gasteiger partial charge in [0.2, 0.25) is 5.78 Å². The van der Waals surface area contributed by atoms with Gasteiger partial charge in [-0.1, -0.05) is 50.0 Å². The number of nitrogens with zero attached hydrogens (tertiary/aromatic N) is 2. The van der Waals surface area contributed by atoms with E-state index in [0.717, 1.165) is 17.8 Å². The highest BCUT2D eigenvalue weighted by Gasteiger charge is 2.47. The molecule has 3 aromatic rings. The van der Waals surface area contributed by atoms with Gasteiger partial charge in [0.1, 0.15) is 17.2 Å². The Morgan fingerprint density at radius 3 is 2.76 bits per heavy atom. The molecule has 0 fully saturated rings. The Kier molecular flexibility index (Phi) is 8.11. The molecule has 0 radical (unpaired) electrons. The number of rotatable bonds is 11. The predicted molar refractivity (Wildman–Crippen MR) is 142 cm³/mol. The first-order valence-corrected chi connectivity index (χ1v) is 12.9. The fraction of sp³-hybridized carbons (Fsp3) is 0.286. The molecule has 0 aliphatic carbocycles. The minimum Gasteiger partial charge on any atom is -0.503 e. The molecule has 38 heavy (non-hydrogen) atoms. The van der Waals surface area contributed by atoms with Crippen molar-refractivity contribution in [3.8, 4) is 5.75 Å². The van der Waals surface area contributed by atoms with E-state index in [1.165, 1.54) is 23.3 Å². The number of aryl methyl sites for hydroxylation is 1. The maximum atomic E-state index is 13.4. The van der Waals surface area contributed by atoms with Gasteiger partial charge in [-0.15, -0.1) is 0 Å². The summed E-state index contributed by atoms with van der Waals surface area (Å²) in [5.41, 5.74) is 0.706. The fourth-order valence-corrected chi connectivity index (χ4v) is 4.94. The van der Waals surface area contributed by atoms with Crippen LogP contribution >= 0.6 is 11.3 Å². The fourth-order valence-electron chi connectivity index (χ4n) is 3.95. The van der Waals surface area contributed by atoms with Crippen LogP contribution in [0.4, 0.5) is 5.13 Å². The zero-order chi connectivity index (χ0) is 27.4. The van der Waals surface area contributed by atoms with Gasteiger partial charge in [-0.2, -0.15) is 0 Å². The first kappa shape index (κ1) is 26.9. The van der Waals surface area contributed by atoms with Crippen LogP contribution in [0.2, 0.25) is 0 Å². The van der Waals surface area contributed by atoms with E-state index in [2.05, 4.69) is 25.4 Å². The molecule has 10 heteroatoms. The van der Waals surface area contributed by atoms with Crippen molar-refractivity contribution in [2.75, 3.05) is 18.1 Å². The Morgan fingerprint density at radius 2 is 2.08 bits per heavy atom. The molecular weight excluding hydrogens is 508 g/mol. The summed E-state index contributed by atoms with van der Waals surface area (Å²) < 4.78 is 16.3. The van der Waals surface area contributed by atoms with Gasteiger partial charge in [0.05, 0.1) is 30.2 Å². The first-order valence-electron chi connectivity index (χ1n) is 12.1. The number of carbonyl (C=O) groups excluding carboxylic acids is 3. The van der Waals surface area contributed by atoms with Crippen LogP contribution in [0.1, 0.15) is 57.8 Å². The lowest BCUT2D eigenvalue weighted by molar-refractivity contribution is -0.117. The molecule has 0 saturated carbocycles. The van der Waals surface area contributed by atoms with Crippen molar-refractivity contribution in [3.63, 3.8) is 0 Å². The van der Waals surface area contributed by atoms with Gasteiger partial charge in [0.25, 0.3) is 5.91 Å². The Balaban J connectivity index is 1.78. The molecule has 2 aromatic heterocycles. The Hall–Kier alpha value is -4.18. The van der Waals surface area contributed by atoms with Crippen LogP contribution in [-0.4, -0.2) is 41.0 Å². The van der Waals surface area contributed by atoms with Gasteiger partial charge in [-0.05, 0) is 49.1 Å². The SMILES string of the molecule is C=CCOC(=O)c1sc(N2C(=O)C(O)=C(C(=O)c3ccco3)C2c2cccc(OCCC(C)C)c2)nc1C. The number of amides is 1. The Bertz CT molecular complexity index is 1390. The van der Waals surface area contributed by atoms with E-state index in [1.54, 1.807) is 37.3 Å². The number of anilines is 1. The molecule has 1 unspecified atom stereocenters. The molecular formula is C28H28N2O7S. The zero-order valence-corrected chi connectivity index (χ0v) is 22.1. The third-order valence-corrected chi connectivity index (χ3v) is 6.98. The molecule has 9 nitrogen and oxygen atoms in total. The standard InChI is InChI=1S/C28H28N2O7S/c1-5-12-37-27(34)25-17(4)29-28(38-25)30-22(18-8-6-9-19(15-18)35-14-11-16(2)3)21(24(32)26(30)33)23(31)20-10-7-13-36-20/h5-10,13,15-16,22,32H,1,11-12,14H2,2-4H3. The number of ketones is 1. The number of esters is 1. The molecule has 1 atom stereocenters. The van der Waals surface area contributed by atoms with Gasteiger partial charge >= 0.3 is 5.97 Å². The maximum absolute atomic E-state index is 13.4. The van der Waals surface area contributed by atoms with Crippen LogP contribution in [0.5, 0.6) is 5.75 Å². The quantitative estimate of drug-likeness (QED) is 0.191. The minimum absolute atomic E-state index is 0.0184. The van der Waals surface area contributed by atoms with Gasteiger partial charge in [-0.3, -0.25) is 14.5 Å². The number of hydrogen-bond acceptors (Lipinski definition) is 9. The molecule has 1 aliphatic rings. The molecule has 198 valence electrons. The van der Waals surface area contributed by atoms with Crippen molar-refractivity contribution < 1.29 is 33.4 Å². The number of Topliss-reactive ketones (excluding diaryl/α,β-unsaturated/α-hetero) is 1. The van der Waals surface area contributed by atoms with Crippen molar-refractivity contribution in [1.82, 2.24) is 4.98 Å². The summed E-state index contributed by atoms with van der Waals surface area (Å²) in [5.74, 6) is -1.81. The van der Waals surface area contributed by atoms with Crippen molar-refractivity contribution >= 4 is 34.1 Å². The van der Waals surface area contributed by atoms with Crippen LogP contribution in [-0.2, 0) is 9.53 Å². The number of aromatic nitrogens is 1. The van der Waals surface area contributed by atoms with Gasteiger partial charge < -0.3 is 19.0 Å². The third-order valence-electron chi connectivity index (χ3n) is 5.84. The average Bonchev–Trinajstić information content (AvgIpc) is 3.61. The van der Waals surface area contributed by atoms with Crippen LogP contribution in [0.3, 0.4) is 0 Å². The van der Waals surface area contributed by atoms with E-state index >= 15 is 0 Å². The van der Waals surface area contributed by atoms with Crippen molar-refractivity contribution in [2.24, 2.45) is 5.92 Å². The largest absolute Gasteiger partial charge is 0.503 e. The topological polar surface area (TPSA) is 119 Å². The smallest absolute Gasteiger partial charge is 0.350 e. The second-order valence-electron chi connectivity index (χ2n) is 9.05. The normalized spacial score (nSPS) is 15.3. The summed E-state index contributed by atoms with van der Waals surface area (Å²) in [6.07, 6.45) is 3.63. The number of furan rings is 1. The van der Waals surface area contributed by atoms with Crippen LogP contribution in [0, 0.1) is 12.8 Å². The summed E-state index contributed by atoms with van der Waals surface area (Å²) in [6, 6.07) is 8.94. The first-order chi connectivity index (χ1) is 18.2. The minimum atomic E-state index is -1.05. The highest BCUT2D eigenvalue weighted by Crippen LogP contribution is 2.44. The average molecular weight is 537 g/mol. The molecule has 0 spiro atoms. The van der Waals surface area contributed by atoms with E-state index in [4.69, 9.17) is 13.9 Å². The van der Waals surface area contributed by atoms with Crippen molar-refractivity contribution in [1.29, 1.82) is 0 Å².